The van der Waals surface area contributed by atoms with E-state index < -0.39 is 0 Å². The van der Waals surface area contributed by atoms with Gasteiger partial charge in [-0.1, -0.05) is 6.07 Å². The molecule has 3 aromatic rings. The largest absolute Gasteiger partial charge is 0.350 e. The molecular weight excluding hydrogens is 314 g/mol. The van der Waals surface area contributed by atoms with E-state index in [1.54, 1.807) is 12.1 Å². The summed E-state index contributed by atoms with van der Waals surface area (Å²) in [6.45, 7) is 2.54. The van der Waals surface area contributed by atoms with Crippen LogP contribution in [0.2, 0.25) is 0 Å². The van der Waals surface area contributed by atoms with E-state index in [1.807, 2.05) is 18.4 Å². The van der Waals surface area contributed by atoms with E-state index in [0.29, 0.717) is 29.2 Å². The van der Waals surface area contributed by atoms with E-state index in [0.717, 1.165) is 11.3 Å². The van der Waals surface area contributed by atoms with Crippen LogP contribution < -0.4 is 10.6 Å². The molecule has 8 heteroatoms. The molecule has 0 radical (unpaired) electrons. The number of H-pyrrole nitrogens is 1. The summed E-state index contributed by atoms with van der Waals surface area (Å²) < 4.78 is 0. The first-order valence-corrected chi connectivity index (χ1v) is 7.94. The number of amides is 2. The fraction of sp³-hybridized carbons (Fsp3) is 0.200. The topological polar surface area (TPSA) is 99.8 Å². The summed E-state index contributed by atoms with van der Waals surface area (Å²) in [4.78, 5) is 35.8. The SMILES string of the molecule is Cc1nc2ncc(C(=O)NCCNC(=O)c3cccs3)cc2[nH]1. The fourth-order valence-corrected chi connectivity index (χ4v) is 2.73. The molecule has 0 aliphatic carbocycles. The molecule has 118 valence electrons. The maximum atomic E-state index is 12.1. The van der Waals surface area contributed by atoms with Crippen LogP contribution in [0.3, 0.4) is 0 Å². The molecule has 0 bridgehead atoms. The van der Waals surface area contributed by atoms with Gasteiger partial charge in [-0.05, 0) is 24.4 Å². The Kier molecular flexibility index (Phi) is 4.33. The van der Waals surface area contributed by atoms with Gasteiger partial charge in [-0.3, -0.25) is 9.59 Å². The van der Waals surface area contributed by atoms with Crippen LogP contribution in [0.4, 0.5) is 0 Å². The second kappa shape index (κ2) is 6.57. The predicted molar refractivity (Wildman–Crippen MR) is 87.6 cm³/mol. The number of fused-ring (bicyclic) bond motifs is 1. The Labute approximate surface area is 136 Å². The molecule has 3 N–H and O–H groups in total. The molecular formula is C15H15N5O2S. The highest BCUT2D eigenvalue weighted by Gasteiger charge is 2.09. The average molecular weight is 329 g/mol. The number of pyridine rings is 1. The lowest BCUT2D eigenvalue weighted by Gasteiger charge is -2.06. The van der Waals surface area contributed by atoms with E-state index >= 15 is 0 Å². The lowest BCUT2D eigenvalue weighted by Crippen LogP contribution is -2.34. The highest BCUT2D eigenvalue weighted by molar-refractivity contribution is 7.12. The van der Waals surface area contributed by atoms with E-state index in [1.165, 1.54) is 17.5 Å². The molecule has 3 rings (SSSR count). The molecule has 0 atom stereocenters. The summed E-state index contributed by atoms with van der Waals surface area (Å²) in [6.07, 6.45) is 1.49. The summed E-state index contributed by atoms with van der Waals surface area (Å²) in [7, 11) is 0. The normalized spacial score (nSPS) is 10.7. The molecule has 0 aromatic carbocycles. The number of carbonyl (C=O) groups excluding carboxylic acids is 2. The number of nitrogens with one attached hydrogen (secondary N) is 3. The third-order valence-corrected chi connectivity index (χ3v) is 4.03. The van der Waals surface area contributed by atoms with Crippen molar-refractivity contribution in [2.45, 2.75) is 6.92 Å². The Balaban J connectivity index is 1.51. The smallest absolute Gasteiger partial charge is 0.261 e. The van der Waals surface area contributed by atoms with Crippen molar-refractivity contribution in [1.29, 1.82) is 0 Å². The van der Waals surface area contributed by atoms with Crippen LogP contribution in [0.15, 0.2) is 29.8 Å². The third-order valence-electron chi connectivity index (χ3n) is 3.16. The maximum absolute atomic E-state index is 12.1. The molecule has 0 aliphatic rings. The molecule has 23 heavy (non-hydrogen) atoms. The monoisotopic (exact) mass is 329 g/mol. The van der Waals surface area contributed by atoms with Crippen molar-refractivity contribution in [2.24, 2.45) is 0 Å². The Hall–Kier alpha value is -2.74. The van der Waals surface area contributed by atoms with Gasteiger partial charge in [-0.2, -0.15) is 0 Å². The fourth-order valence-electron chi connectivity index (χ4n) is 2.09. The minimum absolute atomic E-state index is 0.134. The zero-order valence-corrected chi connectivity index (χ0v) is 13.2. The predicted octanol–water partition coefficient (Wildman–Crippen LogP) is 1.49. The quantitative estimate of drug-likeness (QED) is 0.617. The molecule has 7 nitrogen and oxygen atoms in total. The first kappa shape index (κ1) is 15.2. The van der Waals surface area contributed by atoms with Crippen LogP contribution in [0.5, 0.6) is 0 Å². The Morgan fingerprint density at radius 1 is 1.26 bits per heavy atom. The lowest BCUT2D eigenvalue weighted by atomic mass is 10.2. The van der Waals surface area contributed by atoms with Gasteiger partial charge in [0.15, 0.2) is 5.65 Å². The molecule has 0 spiro atoms. The van der Waals surface area contributed by atoms with Crippen molar-refractivity contribution in [1.82, 2.24) is 25.6 Å². The number of hydrogen-bond donors (Lipinski definition) is 3. The van der Waals surface area contributed by atoms with E-state index in [9.17, 15) is 9.59 Å². The standard InChI is InChI=1S/C15H15N5O2S/c1-9-19-11-7-10(8-18-13(11)20-9)14(21)16-4-5-17-15(22)12-3-2-6-23-12/h2-3,6-8H,4-5H2,1H3,(H,16,21)(H,17,22)(H,18,19,20). The second-order valence-corrected chi connectivity index (χ2v) is 5.85. The van der Waals surface area contributed by atoms with Gasteiger partial charge < -0.3 is 15.6 Å². The third kappa shape index (κ3) is 3.54. The summed E-state index contributed by atoms with van der Waals surface area (Å²) in [6, 6.07) is 5.29. The lowest BCUT2D eigenvalue weighted by molar-refractivity contribution is 0.0929. The Bertz CT molecular complexity index is 841. The molecule has 0 unspecified atom stereocenters. The number of rotatable bonds is 5. The first-order valence-electron chi connectivity index (χ1n) is 7.06. The minimum Gasteiger partial charge on any atom is -0.350 e. The van der Waals surface area contributed by atoms with Gasteiger partial charge in [-0.25, -0.2) is 9.97 Å². The van der Waals surface area contributed by atoms with Crippen molar-refractivity contribution >= 4 is 34.3 Å². The van der Waals surface area contributed by atoms with Crippen LogP contribution in [0, 0.1) is 6.92 Å². The number of thiophene rings is 1. The van der Waals surface area contributed by atoms with Gasteiger partial charge in [0.2, 0.25) is 0 Å². The Morgan fingerprint density at radius 2 is 2.04 bits per heavy atom. The molecule has 2 amide bonds. The highest BCUT2D eigenvalue weighted by atomic mass is 32.1. The molecule has 0 saturated heterocycles. The van der Waals surface area contributed by atoms with E-state index in [2.05, 4.69) is 25.6 Å². The number of hydrogen-bond acceptors (Lipinski definition) is 5. The highest BCUT2D eigenvalue weighted by Crippen LogP contribution is 2.10. The zero-order valence-electron chi connectivity index (χ0n) is 12.4. The first-order chi connectivity index (χ1) is 11.1. The molecule has 3 aromatic heterocycles. The van der Waals surface area contributed by atoms with Gasteiger partial charge in [-0.15, -0.1) is 11.3 Å². The number of aromatic amines is 1. The summed E-state index contributed by atoms with van der Waals surface area (Å²) in [5.41, 5.74) is 1.76. The van der Waals surface area contributed by atoms with Crippen LogP contribution in [0.1, 0.15) is 25.9 Å². The van der Waals surface area contributed by atoms with Gasteiger partial charge in [0, 0.05) is 19.3 Å². The van der Waals surface area contributed by atoms with Crippen molar-refractivity contribution in [2.75, 3.05) is 13.1 Å². The number of imidazole rings is 1. The minimum atomic E-state index is -0.239. The summed E-state index contributed by atoms with van der Waals surface area (Å²) in [5, 5.41) is 7.34. The van der Waals surface area contributed by atoms with Gasteiger partial charge in [0.25, 0.3) is 11.8 Å². The van der Waals surface area contributed by atoms with Crippen LogP contribution in [-0.2, 0) is 0 Å². The van der Waals surface area contributed by atoms with Gasteiger partial charge in [0.05, 0.1) is 16.0 Å². The summed E-state index contributed by atoms with van der Waals surface area (Å²) >= 11 is 1.38. The maximum Gasteiger partial charge on any atom is 0.261 e. The van der Waals surface area contributed by atoms with Crippen molar-refractivity contribution < 1.29 is 9.59 Å². The van der Waals surface area contributed by atoms with E-state index in [-0.39, 0.29) is 11.8 Å². The van der Waals surface area contributed by atoms with Crippen LogP contribution in [-0.4, -0.2) is 39.9 Å². The molecule has 0 saturated carbocycles. The van der Waals surface area contributed by atoms with Crippen LogP contribution >= 0.6 is 11.3 Å². The second-order valence-electron chi connectivity index (χ2n) is 4.91. The average Bonchev–Trinajstić information content (AvgIpc) is 3.18. The van der Waals surface area contributed by atoms with Crippen molar-refractivity contribution in [3.63, 3.8) is 0 Å². The van der Waals surface area contributed by atoms with Gasteiger partial charge >= 0.3 is 0 Å². The summed E-state index contributed by atoms with van der Waals surface area (Å²) in [5.74, 6) is 0.378. The number of nitrogens with zero attached hydrogens (tertiary/aromatic N) is 2. The van der Waals surface area contributed by atoms with Gasteiger partial charge in [0.1, 0.15) is 5.82 Å². The number of carbonyl (C=O) groups is 2. The van der Waals surface area contributed by atoms with Crippen molar-refractivity contribution in [3.05, 3.63) is 46.0 Å². The van der Waals surface area contributed by atoms with Crippen molar-refractivity contribution in [3.8, 4) is 0 Å². The van der Waals surface area contributed by atoms with Crippen LogP contribution in [0.25, 0.3) is 11.2 Å². The number of aromatic nitrogens is 3. The zero-order chi connectivity index (χ0) is 16.2. The molecule has 3 heterocycles. The number of aryl methyl sites for hydroxylation is 1. The Morgan fingerprint density at radius 3 is 2.78 bits per heavy atom. The molecule has 0 fully saturated rings. The molecule has 0 aliphatic heterocycles. The van der Waals surface area contributed by atoms with E-state index in [4.69, 9.17) is 0 Å².